The second kappa shape index (κ2) is 11.4. The van der Waals surface area contributed by atoms with E-state index in [9.17, 15) is 0 Å². The molecule has 0 aliphatic carbocycles. The molecule has 1 heterocycles. The van der Waals surface area contributed by atoms with Crippen LogP contribution in [-0.4, -0.2) is 42.4 Å². The van der Waals surface area contributed by atoms with E-state index in [2.05, 4.69) is 36.9 Å². The highest BCUT2D eigenvalue weighted by Crippen LogP contribution is 2.20. The normalized spacial score (nSPS) is 10.9. The molecule has 2 aromatic carbocycles. The van der Waals surface area contributed by atoms with Gasteiger partial charge in [0, 0.05) is 24.7 Å². The van der Waals surface area contributed by atoms with Gasteiger partial charge in [-0.05, 0) is 42.8 Å². The fourth-order valence-electron chi connectivity index (χ4n) is 2.81. The minimum atomic E-state index is 0. The number of nitrogens with one attached hydrogen (secondary N) is 3. The summed E-state index contributed by atoms with van der Waals surface area (Å²) in [4.78, 5) is 8.78. The number of aromatic amines is 1. The van der Waals surface area contributed by atoms with Crippen LogP contribution in [0.5, 0.6) is 11.5 Å². The first-order chi connectivity index (χ1) is 14.1. The van der Waals surface area contributed by atoms with Crippen LogP contribution < -0.4 is 20.1 Å². The van der Waals surface area contributed by atoms with Crippen LogP contribution in [0.1, 0.15) is 17.0 Å². The maximum atomic E-state index is 5.45. The number of guanidine groups is 1. The van der Waals surface area contributed by atoms with E-state index in [0.29, 0.717) is 30.7 Å². The second-order valence-electron chi connectivity index (χ2n) is 6.43. The van der Waals surface area contributed by atoms with Crippen LogP contribution in [0.3, 0.4) is 0 Å². The molecule has 30 heavy (non-hydrogen) atoms. The third kappa shape index (κ3) is 6.09. The zero-order valence-electron chi connectivity index (χ0n) is 17.5. The summed E-state index contributed by atoms with van der Waals surface area (Å²) in [5, 5.41) is 13.7. The molecule has 0 saturated heterocycles. The first-order valence-corrected chi connectivity index (χ1v) is 9.26. The van der Waals surface area contributed by atoms with Gasteiger partial charge in [-0.15, -0.1) is 24.0 Å². The molecule has 0 bridgehead atoms. The fourth-order valence-corrected chi connectivity index (χ4v) is 2.81. The largest absolute Gasteiger partial charge is 0.497 e. The fraction of sp³-hybridized carbons (Fsp3) is 0.286. The molecule has 160 valence electrons. The van der Waals surface area contributed by atoms with Crippen molar-refractivity contribution in [1.29, 1.82) is 0 Å². The molecule has 0 amide bonds. The lowest BCUT2D eigenvalue weighted by atomic mass is 10.1. The SMILES string of the molecule is CN=C(NCc1nc(-c2ccc(OC)cc2)n[nH]1)NCc1ccc(C)cc1OC.I. The number of ether oxygens (including phenoxy) is 2. The van der Waals surface area contributed by atoms with Gasteiger partial charge in [0.15, 0.2) is 11.8 Å². The Balaban J connectivity index is 0.00000320. The molecule has 1 aromatic heterocycles. The Morgan fingerprint density at radius 1 is 1.03 bits per heavy atom. The molecule has 0 saturated carbocycles. The number of halogens is 1. The molecular formula is C21H27IN6O2. The Labute approximate surface area is 193 Å². The summed E-state index contributed by atoms with van der Waals surface area (Å²) in [6, 6.07) is 13.7. The van der Waals surface area contributed by atoms with Gasteiger partial charge in [-0.3, -0.25) is 10.1 Å². The van der Waals surface area contributed by atoms with E-state index >= 15 is 0 Å². The van der Waals surface area contributed by atoms with E-state index in [1.165, 1.54) is 0 Å². The van der Waals surface area contributed by atoms with Crippen LogP contribution in [0.2, 0.25) is 0 Å². The van der Waals surface area contributed by atoms with Gasteiger partial charge in [0.25, 0.3) is 0 Å². The Morgan fingerprint density at radius 3 is 2.43 bits per heavy atom. The van der Waals surface area contributed by atoms with Crippen molar-refractivity contribution in [3.8, 4) is 22.9 Å². The molecule has 3 aromatic rings. The summed E-state index contributed by atoms with van der Waals surface area (Å²) in [6.45, 7) is 3.10. The molecule has 0 fully saturated rings. The summed E-state index contributed by atoms with van der Waals surface area (Å²) >= 11 is 0. The average molecular weight is 522 g/mol. The zero-order valence-corrected chi connectivity index (χ0v) is 19.9. The first-order valence-electron chi connectivity index (χ1n) is 9.26. The van der Waals surface area contributed by atoms with Gasteiger partial charge >= 0.3 is 0 Å². The third-order valence-electron chi connectivity index (χ3n) is 4.42. The van der Waals surface area contributed by atoms with Crippen molar-refractivity contribution in [3.63, 3.8) is 0 Å². The van der Waals surface area contributed by atoms with Crippen molar-refractivity contribution in [2.75, 3.05) is 21.3 Å². The summed E-state index contributed by atoms with van der Waals surface area (Å²) in [5.74, 6) is 3.66. The van der Waals surface area contributed by atoms with Crippen LogP contribution in [0.4, 0.5) is 0 Å². The lowest BCUT2D eigenvalue weighted by molar-refractivity contribution is 0.408. The van der Waals surface area contributed by atoms with E-state index in [4.69, 9.17) is 9.47 Å². The first kappa shape index (κ1) is 23.5. The number of rotatable bonds is 7. The van der Waals surface area contributed by atoms with Crippen molar-refractivity contribution in [3.05, 3.63) is 59.4 Å². The predicted octanol–water partition coefficient (Wildman–Crippen LogP) is 3.28. The molecule has 0 atom stereocenters. The van der Waals surface area contributed by atoms with Crippen LogP contribution in [-0.2, 0) is 13.1 Å². The minimum Gasteiger partial charge on any atom is -0.497 e. The van der Waals surface area contributed by atoms with Crippen molar-refractivity contribution < 1.29 is 9.47 Å². The van der Waals surface area contributed by atoms with Gasteiger partial charge < -0.3 is 20.1 Å². The van der Waals surface area contributed by atoms with Gasteiger partial charge in [0.1, 0.15) is 17.3 Å². The van der Waals surface area contributed by atoms with Crippen LogP contribution in [0.25, 0.3) is 11.4 Å². The van der Waals surface area contributed by atoms with E-state index in [0.717, 1.165) is 28.2 Å². The number of benzene rings is 2. The van der Waals surface area contributed by atoms with Crippen molar-refractivity contribution in [1.82, 2.24) is 25.8 Å². The summed E-state index contributed by atoms with van der Waals surface area (Å²) in [5.41, 5.74) is 3.14. The molecule has 0 aliphatic rings. The van der Waals surface area contributed by atoms with E-state index in [1.54, 1.807) is 21.3 Å². The van der Waals surface area contributed by atoms with E-state index in [1.807, 2.05) is 43.3 Å². The molecule has 3 N–H and O–H groups in total. The highest BCUT2D eigenvalue weighted by Gasteiger charge is 2.08. The van der Waals surface area contributed by atoms with Gasteiger partial charge in [0.2, 0.25) is 0 Å². The smallest absolute Gasteiger partial charge is 0.191 e. The predicted molar refractivity (Wildman–Crippen MR) is 129 cm³/mol. The monoisotopic (exact) mass is 522 g/mol. The van der Waals surface area contributed by atoms with Crippen molar-refractivity contribution in [2.24, 2.45) is 4.99 Å². The number of methoxy groups -OCH3 is 2. The van der Waals surface area contributed by atoms with Gasteiger partial charge in [-0.1, -0.05) is 12.1 Å². The lowest BCUT2D eigenvalue weighted by Crippen LogP contribution is -2.36. The molecule has 3 rings (SSSR count). The number of aromatic nitrogens is 3. The van der Waals surface area contributed by atoms with E-state index < -0.39 is 0 Å². The molecular weight excluding hydrogens is 495 g/mol. The Hall–Kier alpha value is -2.82. The second-order valence-corrected chi connectivity index (χ2v) is 6.43. The third-order valence-corrected chi connectivity index (χ3v) is 4.42. The molecule has 0 radical (unpaired) electrons. The summed E-state index contributed by atoms with van der Waals surface area (Å²) in [7, 11) is 5.04. The van der Waals surface area contributed by atoms with Crippen molar-refractivity contribution in [2.45, 2.75) is 20.0 Å². The van der Waals surface area contributed by atoms with Crippen LogP contribution in [0.15, 0.2) is 47.5 Å². The maximum Gasteiger partial charge on any atom is 0.191 e. The standard InChI is InChI=1S/C21H26N6O2.HI/c1-14-5-6-16(18(11-14)29-4)12-23-21(22-2)24-13-19-25-20(27-26-19)15-7-9-17(28-3)10-8-15;/h5-11H,12-13H2,1-4H3,(H2,22,23,24)(H,25,26,27);1H. The lowest BCUT2D eigenvalue weighted by Gasteiger charge is -2.13. The number of hydrogen-bond acceptors (Lipinski definition) is 5. The molecule has 0 unspecified atom stereocenters. The molecule has 8 nitrogen and oxygen atoms in total. The highest BCUT2D eigenvalue weighted by molar-refractivity contribution is 14.0. The van der Waals surface area contributed by atoms with Gasteiger partial charge in [-0.25, -0.2) is 4.98 Å². The molecule has 9 heteroatoms. The number of hydrogen-bond donors (Lipinski definition) is 3. The summed E-state index contributed by atoms with van der Waals surface area (Å²) < 4.78 is 10.6. The number of aliphatic imine (C=N–C) groups is 1. The Morgan fingerprint density at radius 2 is 1.77 bits per heavy atom. The number of H-pyrrole nitrogens is 1. The van der Waals surface area contributed by atoms with Crippen LogP contribution in [0, 0.1) is 6.92 Å². The Bertz CT molecular complexity index is 972. The Kier molecular flexibility index (Phi) is 8.90. The molecule has 0 spiro atoms. The van der Waals surface area contributed by atoms with Crippen molar-refractivity contribution >= 4 is 29.9 Å². The van der Waals surface area contributed by atoms with E-state index in [-0.39, 0.29) is 24.0 Å². The summed E-state index contributed by atoms with van der Waals surface area (Å²) in [6.07, 6.45) is 0. The number of nitrogens with zero attached hydrogens (tertiary/aromatic N) is 3. The topological polar surface area (TPSA) is 96.5 Å². The quantitative estimate of drug-likeness (QED) is 0.251. The van der Waals surface area contributed by atoms with Crippen LogP contribution >= 0.6 is 24.0 Å². The van der Waals surface area contributed by atoms with Gasteiger partial charge in [-0.2, -0.15) is 5.10 Å². The van der Waals surface area contributed by atoms with Gasteiger partial charge in [0.05, 0.1) is 20.8 Å². The molecule has 0 aliphatic heterocycles. The maximum absolute atomic E-state index is 5.45. The number of aryl methyl sites for hydroxylation is 1. The highest BCUT2D eigenvalue weighted by atomic mass is 127. The minimum absolute atomic E-state index is 0. The zero-order chi connectivity index (χ0) is 20.6. The average Bonchev–Trinajstić information content (AvgIpc) is 3.23.